The van der Waals surface area contributed by atoms with Crippen molar-refractivity contribution in [2.24, 2.45) is 0 Å². The van der Waals surface area contributed by atoms with Crippen LogP contribution in [0.2, 0.25) is 10.0 Å². The van der Waals surface area contributed by atoms with E-state index in [2.05, 4.69) is 0 Å². The first-order chi connectivity index (χ1) is 12.1. The highest BCUT2D eigenvalue weighted by molar-refractivity contribution is 6.35. The number of hydrogen-bond acceptors (Lipinski definition) is 3. The molecule has 0 N–H and O–H groups in total. The first-order valence-electron chi connectivity index (χ1n) is 8.05. The summed E-state index contributed by atoms with van der Waals surface area (Å²) >= 11 is 12.2. The van der Waals surface area contributed by atoms with Crippen LogP contribution >= 0.6 is 35.6 Å². The molecule has 1 fully saturated rings. The summed E-state index contributed by atoms with van der Waals surface area (Å²) in [5, 5.41) is 10.4. The van der Waals surface area contributed by atoms with Gasteiger partial charge in [0.1, 0.15) is 23.2 Å². The van der Waals surface area contributed by atoms with Crippen LogP contribution in [0.1, 0.15) is 25.0 Å². The fourth-order valence-corrected chi connectivity index (χ4v) is 3.20. The van der Waals surface area contributed by atoms with E-state index < -0.39 is 0 Å². The van der Waals surface area contributed by atoms with E-state index in [1.54, 1.807) is 35.2 Å². The van der Waals surface area contributed by atoms with Gasteiger partial charge in [0.05, 0.1) is 5.02 Å². The molecule has 1 aromatic carbocycles. The Morgan fingerprint density at radius 2 is 1.88 bits per heavy atom. The zero-order valence-electron chi connectivity index (χ0n) is 13.9. The van der Waals surface area contributed by atoms with Crippen molar-refractivity contribution in [3.8, 4) is 17.4 Å². The van der Waals surface area contributed by atoms with Crippen molar-refractivity contribution in [3.63, 3.8) is 0 Å². The minimum Gasteiger partial charge on any atom is -0.457 e. The molecule has 1 amide bonds. The highest BCUT2D eigenvalue weighted by Gasteiger charge is 2.20. The van der Waals surface area contributed by atoms with Crippen LogP contribution in [-0.4, -0.2) is 23.9 Å². The number of hydrogen-bond donors (Lipinski definition) is 0. The molecule has 26 heavy (non-hydrogen) atoms. The van der Waals surface area contributed by atoms with Crippen LogP contribution in [0.3, 0.4) is 0 Å². The third-order valence-corrected chi connectivity index (χ3v) is 4.67. The van der Waals surface area contributed by atoms with E-state index in [0.717, 1.165) is 19.3 Å². The average Bonchev–Trinajstić information content (AvgIpc) is 3.10. The van der Waals surface area contributed by atoms with Gasteiger partial charge in [0.2, 0.25) is 0 Å². The van der Waals surface area contributed by atoms with Crippen molar-refractivity contribution in [1.82, 2.24) is 4.90 Å². The molecule has 1 aliphatic rings. The van der Waals surface area contributed by atoms with E-state index in [-0.39, 0.29) is 23.9 Å². The summed E-state index contributed by atoms with van der Waals surface area (Å²) in [5.41, 5.74) is 0.731. The average molecular weight is 412 g/mol. The normalized spacial score (nSPS) is 14.5. The van der Waals surface area contributed by atoms with Crippen molar-refractivity contribution >= 4 is 47.6 Å². The van der Waals surface area contributed by atoms with Crippen LogP contribution in [0.15, 0.2) is 40.3 Å². The molecular weight excluding hydrogens is 395 g/mol. The molecule has 0 saturated carbocycles. The van der Waals surface area contributed by atoms with Crippen molar-refractivity contribution in [2.75, 3.05) is 13.1 Å². The quantitative estimate of drug-likeness (QED) is 0.488. The fraction of sp³-hybridized carbons (Fsp3) is 0.263. The Balaban J connectivity index is 0.00000243. The lowest BCUT2D eigenvalue weighted by atomic mass is 10.1. The Bertz CT molecular complexity index is 862. The standard InChI is InChI=1S/C19H16Cl2N2O2.ClH/c20-14-4-6-17(21)16(11-14)18-7-5-15(25-18)10-13(12-22)19(24)23-8-2-1-3-9-23;/h4-7,10-11H,1-3,8-9H2;1H. The number of carbonyl (C=O) groups is 1. The molecule has 1 aliphatic heterocycles. The van der Waals surface area contributed by atoms with Gasteiger partial charge in [-0.05, 0) is 49.6 Å². The van der Waals surface area contributed by atoms with E-state index in [9.17, 15) is 10.1 Å². The summed E-state index contributed by atoms with van der Waals surface area (Å²) in [6.07, 6.45) is 4.54. The molecule has 4 nitrogen and oxygen atoms in total. The molecule has 2 heterocycles. The molecule has 0 unspecified atom stereocenters. The van der Waals surface area contributed by atoms with Crippen LogP contribution in [0.25, 0.3) is 17.4 Å². The van der Waals surface area contributed by atoms with Gasteiger partial charge < -0.3 is 9.32 Å². The van der Waals surface area contributed by atoms with E-state index >= 15 is 0 Å². The Labute approximate surface area is 168 Å². The lowest BCUT2D eigenvalue weighted by molar-refractivity contribution is -0.127. The molecular formula is C19H17Cl3N2O2. The van der Waals surface area contributed by atoms with Crippen LogP contribution in [0.5, 0.6) is 0 Å². The number of likely N-dealkylation sites (tertiary alicyclic amines) is 1. The number of amides is 1. The SMILES string of the molecule is Cl.N#CC(=Cc1ccc(-c2cc(Cl)ccc2Cl)o1)C(=O)N1CCCCC1. The molecule has 0 spiro atoms. The topological polar surface area (TPSA) is 57.2 Å². The summed E-state index contributed by atoms with van der Waals surface area (Å²) in [6.45, 7) is 1.39. The summed E-state index contributed by atoms with van der Waals surface area (Å²) in [6, 6.07) is 10.5. The third kappa shape index (κ3) is 4.62. The summed E-state index contributed by atoms with van der Waals surface area (Å²) in [4.78, 5) is 14.2. The van der Waals surface area contributed by atoms with Crippen molar-refractivity contribution < 1.29 is 9.21 Å². The Kier molecular flexibility index (Phi) is 7.16. The number of piperidine rings is 1. The number of furan rings is 1. The van der Waals surface area contributed by atoms with E-state index in [4.69, 9.17) is 27.6 Å². The molecule has 0 atom stereocenters. The van der Waals surface area contributed by atoms with Gasteiger partial charge in [0.15, 0.2) is 0 Å². The second-order valence-corrected chi connectivity index (χ2v) is 6.69. The largest absolute Gasteiger partial charge is 0.457 e. The predicted molar refractivity (Wildman–Crippen MR) is 105 cm³/mol. The third-order valence-electron chi connectivity index (χ3n) is 4.10. The summed E-state index contributed by atoms with van der Waals surface area (Å²) in [5.74, 6) is 0.704. The second-order valence-electron chi connectivity index (χ2n) is 5.85. The van der Waals surface area contributed by atoms with Gasteiger partial charge >= 0.3 is 0 Å². The molecule has 3 rings (SSSR count). The van der Waals surface area contributed by atoms with E-state index in [1.807, 2.05) is 6.07 Å². The van der Waals surface area contributed by atoms with E-state index in [1.165, 1.54) is 6.08 Å². The van der Waals surface area contributed by atoms with Crippen LogP contribution in [0.4, 0.5) is 0 Å². The lowest BCUT2D eigenvalue weighted by Gasteiger charge is -2.26. The Morgan fingerprint density at radius 1 is 1.15 bits per heavy atom. The highest BCUT2D eigenvalue weighted by atomic mass is 35.5. The first-order valence-corrected chi connectivity index (χ1v) is 8.80. The lowest BCUT2D eigenvalue weighted by Crippen LogP contribution is -2.36. The molecule has 2 aromatic rings. The molecule has 0 radical (unpaired) electrons. The summed E-state index contributed by atoms with van der Waals surface area (Å²) < 4.78 is 5.73. The van der Waals surface area contributed by atoms with Gasteiger partial charge in [-0.15, -0.1) is 12.4 Å². The highest BCUT2D eigenvalue weighted by Crippen LogP contribution is 2.32. The zero-order chi connectivity index (χ0) is 17.8. The molecule has 1 aromatic heterocycles. The maximum absolute atomic E-state index is 12.5. The molecule has 1 saturated heterocycles. The Morgan fingerprint density at radius 3 is 2.58 bits per heavy atom. The monoisotopic (exact) mass is 410 g/mol. The zero-order valence-corrected chi connectivity index (χ0v) is 16.2. The van der Waals surface area contributed by atoms with Gasteiger partial charge in [0.25, 0.3) is 5.91 Å². The smallest absolute Gasteiger partial charge is 0.264 e. The number of carbonyl (C=O) groups excluding carboxylic acids is 1. The minimum absolute atomic E-state index is 0. The van der Waals surface area contributed by atoms with Gasteiger partial charge in [-0.2, -0.15) is 5.26 Å². The fourth-order valence-electron chi connectivity index (χ4n) is 2.81. The Hall–Kier alpha value is -1.93. The minimum atomic E-state index is -0.249. The van der Waals surface area contributed by atoms with Crippen molar-refractivity contribution in [3.05, 3.63) is 51.7 Å². The van der Waals surface area contributed by atoms with Crippen LogP contribution in [0, 0.1) is 11.3 Å². The van der Waals surface area contributed by atoms with Crippen LogP contribution in [-0.2, 0) is 4.79 Å². The first kappa shape index (κ1) is 20.4. The molecule has 136 valence electrons. The van der Waals surface area contributed by atoms with Gasteiger partial charge in [-0.25, -0.2) is 0 Å². The summed E-state index contributed by atoms with van der Waals surface area (Å²) in [7, 11) is 0. The number of nitriles is 1. The number of benzene rings is 1. The number of rotatable bonds is 3. The van der Waals surface area contributed by atoms with E-state index in [0.29, 0.717) is 40.2 Å². The molecule has 0 bridgehead atoms. The molecule has 0 aliphatic carbocycles. The van der Waals surface area contributed by atoms with Crippen molar-refractivity contribution in [1.29, 1.82) is 5.26 Å². The number of nitrogens with zero attached hydrogens (tertiary/aromatic N) is 2. The van der Waals surface area contributed by atoms with Gasteiger partial charge in [-0.3, -0.25) is 4.79 Å². The maximum atomic E-state index is 12.5. The van der Waals surface area contributed by atoms with Crippen LogP contribution < -0.4 is 0 Å². The van der Waals surface area contributed by atoms with Crippen molar-refractivity contribution in [2.45, 2.75) is 19.3 Å². The van der Waals surface area contributed by atoms with Gasteiger partial charge in [-0.1, -0.05) is 23.2 Å². The van der Waals surface area contributed by atoms with Gasteiger partial charge in [0, 0.05) is 29.8 Å². The second kappa shape index (κ2) is 9.14. The maximum Gasteiger partial charge on any atom is 0.264 e. The molecule has 7 heteroatoms. The predicted octanol–water partition coefficient (Wildman–Crippen LogP) is 5.59. The number of halogens is 3.